The summed E-state index contributed by atoms with van der Waals surface area (Å²) in [7, 11) is 0. The number of hydrogen-bond donors (Lipinski definition) is 0. The molecule has 1 aliphatic heterocycles. The molecule has 0 saturated carbocycles. The Bertz CT molecular complexity index is 594. The zero-order valence-electron chi connectivity index (χ0n) is 12.0. The highest BCUT2D eigenvalue weighted by molar-refractivity contribution is 7.10. The van der Waals surface area contributed by atoms with Gasteiger partial charge in [0.2, 0.25) is 0 Å². The Kier molecular flexibility index (Phi) is 4.55. The Morgan fingerprint density at radius 1 is 1.24 bits per heavy atom. The number of hydrogen-bond acceptors (Lipinski definition) is 3. The van der Waals surface area contributed by atoms with E-state index in [2.05, 4.69) is 23.6 Å². The van der Waals surface area contributed by atoms with Crippen LogP contribution in [-0.4, -0.2) is 24.1 Å². The maximum atomic E-state index is 12.0. The third-order valence-corrected chi connectivity index (χ3v) is 4.71. The van der Waals surface area contributed by atoms with E-state index in [0.717, 1.165) is 25.8 Å². The minimum Gasteiger partial charge on any atom is -0.449 e. The topological polar surface area (TPSA) is 29.5 Å². The highest BCUT2D eigenvalue weighted by Gasteiger charge is 2.22. The van der Waals surface area contributed by atoms with Crippen molar-refractivity contribution in [1.82, 2.24) is 4.90 Å². The van der Waals surface area contributed by atoms with Gasteiger partial charge in [0.25, 0.3) is 0 Å². The molecule has 1 amide bonds. The van der Waals surface area contributed by atoms with Crippen LogP contribution in [0.25, 0.3) is 0 Å². The van der Waals surface area contributed by atoms with Crippen LogP contribution in [0.15, 0.2) is 41.8 Å². The van der Waals surface area contributed by atoms with Crippen LogP contribution < -0.4 is 0 Å². The number of amides is 1. The molecule has 1 aliphatic rings. The Morgan fingerprint density at radius 3 is 2.95 bits per heavy atom. The van der Waals surface area contributed by atoms with Gasteiger partial charge in [-0.05, 0) is 41.8 Å². The van der Waals surface area contributed by atoms with Gasteiger partial charge in [-0.3, -0.25) is 0 Å². The molecule has 0 radical (unpaired) electrons. The van der Waals surface area contributed by atoms with Gasteiger partial charge in [0, 0.05) is 11.4 Å². The molecule has 1 aromatic carbocycles. The Hall–Kier alpha value is -1.81. The quantitative estimate of drug-likeness (QED) is 0.802. The fourth-order valence-corrected chi connectivity index (χ4v) is 3.51. The molecule has 110 valence electrons. The summed E-state index contributed by atoms with van der Waals surface area (Å²) in [4.78, 5) is 15.2. The molecule has 0 bridgehead atoms. The van der Waals surface area contributed by atoms with Crippen molar-refractivity contribution in [2.24, 2.45) is 0 Å². The summed E-state index contributed by atoms with van der Waals surface area (Å²) >= 11 is 1.72. The predicted octanol–water partition coefficient (Wildman–Crippen LogP) is 3.88. The average molecular weight is 301 g/mol. The fourth-order valence-electron chi connectivity index (χ4n) is 2.56. The van der Waals surface area contributed by atoms with Crippen LogP contribution in [0.2, 0.25) is 0 Å². The SMILES string of the molecule is O=C(OCCCc1ccccc1)N1CCc2ccsc2C1. The van der Waals surface area contributed by atoms with Gasteiger partial charge in [-0.2, -0.15) is 0 Å². The molecule has 4 heteroatoms. The zero-order valence-corrected chi connectivity index (χ0v) is 12.8. The largest absolute Gasteiger partial charge is 0.449 e. The van der Waals surface area contributed by atoms with Crippen LogP contribution in [-0.2, 0) is 24.1 Å². The second kappa shape index (κ2) is 6.76. The van der Waals surface area contributed by atoms with Gasteiger partial charge in [0.05, 0.1) is 13.2 Å². The first-order valence-corrected chi connectivity index (χ1v) is 8.22. The molecule has 0 N–H and O–H groups in total. The summed E-state index contributed by atoms with van der Waals surface area (Å²) in [6.07, 6.45) is 2.58. The van der Waals surface area contributed by atoms with E-state index in [-0.39, 0.29) is 6.09 Å². The first kappa shape index (κ1) is 14.1. The summed E-state index contributed by atoms with van der Waals surface area (Å²) in [5.41, 5.74) is 2.67. The molecule has 0 aliphatic carbocycles. The lowest BCUT2D eigenvalue weighted by atomic mass is 10.1. The first-order chi connectivity index (χ1) is 10.3. The van der Waals surface area contributed by atoms with E-state index >= 15 is 0 Å². The molecule has 3 nitrogen and oxygen atoms in total. The van der Waals surface area contributed by atoms with Gasteiger partial charge in [-0.15, -0.1) is 11.3 Å². The number of nitrogens with zero attached hydrogens (tertiary/aromatic N) is 1. The van der Waals surface area contributed by atoms with E-state index < -0.39 is 0 Å². The van der Waals surface area contributed by atoms with Crippen LogP contribution in [0.1, 0.15) is 22.4 Å². The molecule has 0 spiro atoms. The smallest absolute Gasteiger partial charge is 0.410 e. The molecule has 2 heterocycles. The number of thiophene rings is 1. The molecular weight excluding hydrogens is 282 g/mol. The second-order valence-electron chi connectivity index (χ2n) is 5.24. The number of benzene rings is 1. The number of aryl methyl sites for hydroxylation is 1. The van der Waals surface area contributed by atoms with Gasteiger partial charge in [-0.25, -0.2) is 4.79 Å². The molecule has 2 aromatic rings. The standard InChI is InChI=1S/C17H19NO2S/c19-17(18-10-8-15-9-12-21-16(15)13-18)20-11-4-7-14-5-2-1-3-6-14/h1-3,5-6,9,12H,4,7-8,10-11,13H2. The monoisotopic (exact) mass is 301 g/mol. The number of ether oxygens (including phenoxy) is 1. The maximum Gasteiger partial charge on any atom is 0.410 e. The van der Waals surface area contributed by atoms with E-state index in [4.69, 9.17) is 4.74 Å². The van der Waals surface area contributed by atoms with Gasteiger partial charge < -0.3 is 9.64 Å². The van der Waals surface area contributed by atoms with Crippen molar-refractivity contribution in [3.8, 4) is 0 Å². The van der Waals surface area contributed by atoms with Crippen molar-refractivity contribution in [2.45, 2.75) is 25.8 Å². The molecule has 21 heavy (non-hydrogen) atoms. The maximum absolute atomic E-state index is 12.0. The van der Waals surface area contributed by atoms with Crippen molar-refractivity contribution in [2.75, 3.05) is 13.2 Å². The normalized spacial score (nSPS) is 13.8. The zero-order chi connectivity index (χ0) is 14.5. The van der Waals surface area contributed by atoms with Gasteiger partial charge in [0.15, 0.2) is 0 Å². The highest BCUT2D eigenvalue weighted by Crippen LogP contribution is 2.24. The molecular formula is C17H19NO2S. The van der Waals surface area contributed by atoms with Crippen LogP contribution >= 0.6 is 11.3 Å². The van der Waals surface area contributed by atoms with E-state index in [1.54, 1.807) is 16.2 Å². The third-order valence-electron chi connectivity index (χ3n) is 3.76. The molecule has 1 aromatic heterocycles. The molecule has 3 rings (SSSR count). The van der Waals surface area contributed by atoms with E-state index in [9.17, 15) is 4.79 Å². The van der Waals surface area contributed by atoms with Crippen molar-refractivity contribution >= 4 is 17.4 Å². The van der Waals surface area contributed by atoms with Gasteiger partial charge in [0.1, 0.15) is 0 Å². The van der Waals surface area contributed by atoms with Crippen molar-refractivity contribution < 1.29 is 9.53 Å². The Balaban J connectivity index is 1.41. The van der Waals surface area contributed by atoms with Crippen LogP contribution in [0.5, 0.6) is 0 Å². The van der Waals surface area contributed by atoms with Crippen LogP contribution in [0.3, 0.4) is 0 Å². The highest BCUT2D eigenvalue weighted by atomic mass is 32.1. The first-order valence-electron chi connectivity index (χ1n) is 7.34. The third kappa shape index (κ3) is 3.64. The second-order valence-corrected chi connectivity index (χ2v) is 6.24. The van der Waals surface area contributed by atoms with Crippen molar-refractivity contribution in [1.29, 1.82) is 0 Å². The van der Waals surface area contributed by atoms with E-state index in [1.165, 1.54) is 16.0 Å². The number of fused-ring (bicyclic) bond motifs is 1. The van der Waals surface area contributed by atoms with Crippen LogP contribution in [0.4, 0.5) is 4.79 Å². The summed E-state index contributed by atoms with van der Waals surface area (Å²) in [6.45, 7) is 1.95. The fraction of sp³-hybridized carbons (Fsp3) is 0.353. The predicted molar refractivity (Wildman–Crippen MR) is 84.5 cm³/mol. The summed E-state index contributed by atoms with van der Waals surface area (Å²) < 4.78 is 5.39. The average Bonchev–Trinajstić information content (AvgIpc) is 3.00. The molecule has 0 atom stereocenters. The Labute approximate surface area is 129 Å². The van der Waals surface area contributed by atoms with E-state index in [1.807, 2.05) is 18.2 Å². The van der Waals surface area contributed by atoms with Crippen LogP contribution in [0, 0.1) is 0 Å². The Morgan fingerprint density at radius 2 is 2.10 bits per heavy atom. The minimum absolute atomic E-state index is 0.179. The lowest BCUT2D eigenvalue weighted by molar-refractivity contribution is 0.0973. The lowest BCUT2D eigenvalue weighted by Gasteiger charge is -2.26. The minimum atomic E-state index is -0.179. The number of carbonyl (C=O) groups is 1. The lowest BCUT2D eigenvalue weighted by Crippen LogP contribution is -2.35. The van der Waals surface area contributed by atoms with Crippen molar-refractivity contribution in [3.05, 3.63) is 57.8 Å². The molecule has 0 saturated heterocycles. The van der Waals surface area contributed by atoms with Crippen molar-refractivity contribution in [3.63, 3.8) is 0 Å². The summed E-state index contributed by atoms with van der Waals surface area (Å²) in [5, 5.41) is 2.10. The van der Waals surface area contributed by atoms with E-state index in [0.29, 0.717) is 13.2 Å². The van der Waals surface area contributed by atoms with Gasteiger partial charge >= 0.3 is 6.09 Å². The number of rotatable bonds is 4. The molecule has 0 unspecified atom stereocenters. The molecule has 0 fully saturated rings. The summed E-state index contributed by atoms with van der Waals surface area (Å²) in [6, 6.07) is 12.4. The summed E-state index contributed by atoms with van der Waals surface area (Å²) in [5.74, 6) is 0. The number of carbonyl (C=O) groups excluding carboxylic acids is 1. The van der Waals surface area contributed by atoms with Gasteiger partial charge in [-0.1, -0.05) is 30.3 Å².